The van der Waals surface area contributed by atoms with Gasteiger partial charge in [-0.1, -0.05) is 18.2 Å². The molecular weight excluding hydrogens is 244 g/mol. The smallest absolute Gasteiger partial charge is 0.205 e. The van der Waals surface area contributed by atoms with Crippen LogP contribution in [0.3, 0.4) is 0 Å². The van der Waals surface area contributed by atoms with Crippen molar-refractivity contribution in [3.63, 3.8) is 0 Å². The zero-order chi connectivity index (χ0) is 13.8. The summed E-state index contributed by atoms with van der Waals surface area (Å²) in [5, 5.41) is 18.7. The van der Waals surface area contributed by atoms with Gasteiger partial charge in [0, 0.05) is 6.07 Å². The van der Waals surface area contributed by atoms with Crippen LogP contribution in [0.25, 0.3) is 6.08 Å². The fraction of sp³-hybridized carbons (Fsp3) is 0.0667. The van der Waals surface area contributed by atoms with E-state index in [2.05, 4.69) is 0 Å². The standard InChI is InChI=1S/C15H13O4/c1-19-15-8-10(4-5-14(15)18)2-3-11-6-12(16)9-13(17)7-11/h2-9,16-17H,1H3/b3-2+. The molecule has 0 aliphatic heterocycles. The van der Waals surface area contributed by atoms with Gasteiger partial charge in [0.15, 0.2) is 5.76 Å². The summed E-state index contributed by atoms with van der Waals surface area (Å²) >= 11 is 0. The van der Waals surface area contributed by atoms with Crippen LogP contribution in [0.2, 0.25) is 0 Å². The molecule has 19 heavy (non-hydrogen) atoms. The van der Waals surface area contributed by atoms with E-state index in [1.54, 1.807) is 24.3 Å². The van der Waals surface area contributed by atoms with E-state index >= 15 is 0 Å². The molecular formula is C15H13O4. The van der Waals surface area contributed by atoms with E-state index in [4.69, 9.17) is 4.74 Å². The summed E-state index contributed by atoms with van der Waals surface area (Å²) in [6, 6.07) is 4.30. The Kier molecular flexibility index (Phi) is 3.71. The molecule has 0 spiro atoms. The molecule has 1 aromatic rings. The van der Waals surface area contributed by atoms with Gasteiger partial charge in [-0.2, -0.15) is 0 Å². The number of hydrogen-bond acceptors (Lipinski definition) is 4. The van der Waals surface area contributed by atoms with Gasteiger partial charge in [0.25, 0.3) is 0 Å². The quantitative estimate of drug-likeness (QED) is 0.872. The first-order valence-corrected chi connectivity index (χ1v) is 5.64. The Morgan fingerprint density at radius 1 is 1.11 bits per heavy atom. The predicted molar refractivity (Wildman–Crippen MR) is 71.3 cm³/mol. The first-order valence-electron chi connectivity index (χ1n) is 5.64. The highest BCUT2D eigenvalue weighted by Gasteiger charge is 2.13. The highest BCUT2D eigenvalue weighted by atomic mass is 16.5. The summed E-state index contributed by atoms with van der Waals surface area (Å²) in [4.78, 5) is 11.4. The van der Waals surface area contributed by atoms with E-state index in [1.807, 2.05) is 0 Å². The fourth-order valence-electron chi connectivity index (χ4n) is 1.69. The lowest BCUT2D eigenvalue weighted by Crippen LogP contribution is -2.07. The number of ether oxygens (including phenoxy) is 1. The van der Waals surface area contributed by atoms with Crippen molar-refractivity contribution < 1.29 is 19.7 Å². The van der Waals surface area contributed by atoms with E-state index in [1.165, 1.54) is 31.7 Å². The fourth-order valence-corrected chi connectivity index (χ4v) is 1.69. The van der Waals surface area contributed by atoms with Gasteiger partial charge in [0.2, 0.25) is 5.78 Å². The molecule has 0 bridgehead atoms. The van der Waals surface area contributed by atoms with Gasteiger partial charge < -0.3 is 14.9 Å². The van der Waals surface area contributed by atoms with Crippen LogP contribution >= 0.6 is 0 Å². The Morgan fingerprint density at radius 3 is 2.42 bits per heavy atom. The number of rotatable bonds is 3. The number of aromatic hydroxyl groups is 2. The number of Topliss-reactive ketones (excluding diaryl/α,β-unsaturated/α-hetero) is 1. The summed E-state index contributed by atoms with van der Waals surface area (Å²) in [6.07, 6.45) is 8.21. The molecule has 2 N–H and O–H groups in total. The molecule has 97 valence electrons. The second-order valence-electron chi connectivity index (χ2n) is 4.03. The first-order chi connectivity index (χ1) is 9.08. The molecule has 0 unspecified atom stereocenters. The van der Waals surface area contributed by atoms with Crippen molar-refractivity contribution in [3.8, 4) is 11.5 Å². The molecule has 0 heterocycles. The Morgan fingerprint density at radius 2 is 1.79 bits per heavy atom. The van der Waals surface area contributed by atoms with Crippen LogP contribution in [-0.2, 0) is 9.53 Å². The monoisotopic (exact) mass is 257 g/mol. The third-order valence-electron chi connectivity index (χ3n) is 2.58. The number of ketones is 1. The zero-order valence-electron chi connectivity index (χ0n) is 10.3. The molecule has 0 fully saturated rings. The number of hydrogen-bond donors (Lipinski definition) is 2. The maximum absolute atomic E-state index is 11.4. The van der Waals surface area contributed by atoms with Gasteiger partial charge in [-0.3, -0.25) is 4.79 Å². The number of methoxy groups -OCH3 is 1. The summed E-state index contributed by atoms with van der Waals surface area (Å²) in [7, 11) is 1.44. The maximum Gasteiger partial charge on any atom is 0.205 e. The van der Waals surface area contributed by atoms with Crippen LogP contribution in [0.15, 0.2) is 47.8 Å². The first kappa shape index (κ1) is 13.0. The van der Waals surface area contributed by atoms with E-state index in [0.29, 0.717) is 5.56 Å². The van der Waals surface area contributed by atoms with Crippen molar-refractivity contribution in [2.45, 2.75) is 0 Å². The zero-order valence-corrected chi connectivity index (χ0v) is 10.3. The van der Waals surface area contributed by atoms with Crippen LogP contribution in [0.1, 0.15) is 5.56 Å². The lowest BCUT2D eigenvalue weighted by molar-refractivity contribution is -0.115. The van der Waals surface area contributed by atoms with E-state index in [0.717, 1.165) is 5.57 Å². The van der Waals surface area contributed by atoms with Gasteiger partial charge in [0.05, 0.1) is 13.5 Å². The molecule has 0 atom stereocenters. The topological polar surface area (TPSA) is 66.8 Å². The minimum absolute atomic E-state index is 0.00728. The number of phenolic OH excluding ortho intramolecular Hbond substituents is 2. The van der Waals surface area contributed by atoms with Crippen LogP contribution in [-0.4, -0.2) is 23.1 Å². The Balaban J connectivity index is 2.19. The number of phenols is 2. The average Bonchev–Trinajstić information content (AvgIpc) is 2.36. The molecule has 1 aromatic carbocycles. The van der Waals surface area contributed by atoms with Crippen LogP contribution in [0.4, 0.5) is 0 Å². The van der Waals surface area contributed by atoms with Gasteiger partial charge >= 0.3 is 0 Å². The van der Waals surface area contributed by atoms with Crippen molar-refractivity contribution in [1.82, 2.24) is 0 Å². The molecule has 0 saturated heterocycles. The molecule has 4 nitrogen and oxygen atoms in total. The molecule has 1 aliphatic carbocycles. The Labute approximate surface area is 111 Å². The second-order valence-corrected chi connectivity index (χ2v) is 4.03. The molecule has 1 aliphatic rings. The average molecular weight is 257 g/mol. The van der Waals surface area contributed by atoms with Gasteiger partial charge in [-0.15, -0.1) is 0 Å². The third kappa shape index (κ3) is 3.25. The summed E-state index contributed by atoms with van der Waals surface area (Å²) < 4.78 is 4.95. The number of carbonyl (C=O) groups excluding carboxylic acids is 1. The molecule has 4 heteroatoms. The molecule has 0 aromatic heterocycles. The Bertz CT molecular complexity index is 574. The molecule has 2 rings (SSSR count). The van der Waals surface area contributed by atoms with Gasteiger partial charge in [0.1, 0.15) is 11.5 Å². The van der Waals surface area contributed by atoms with Crippen molar-refractivity contribution >= 4 is 11.9 Å². The summed E-state index contributed by atoms with van der Waals surface area (Å²) in [5.74, 6) is 0.0924. The summed E-state index contributed by atoms with van der Waals surface area (Å²) in [6.45, 7) is 0. The van der Waals surface area contributed by atoms with E-state index in [-0.39, 0.29) is 23.0 Å². The van der Waals surface area contributed by atoms with Crippen molar-refractivity contribution in [1.29, 1.82) is 0 Å². The highest BCUT2D eigenvalue weighted by molar-refractivity contribution is 6.03. The third-order valence-corrected chi connectivity index (χ3v) is 2.58. The SMILES string of the molecule is COC1=CC(/C=C/c2cc(O)cc(O)c2)=C[CH]C1=O. The van der Waals surface area contributed by atoms with Crippen molar-refractivity contribution in [3.05, 3.63) is 59.7 Å². The lowest BCUT2D eigenvalue weighted by Gasteiger charge is -2.08. The second kappa shape index (κ2) is 5.44. The van der Waals surface area contributed by atoms with Crippen molar-refractivity contribution in [2.75, 3.05) is 7.11 Å². The Hall–Kier alpha value is -2.49. The summed E-state index contributed by atoms with van der Waals surface area (Å²) in [5.41, 5.74) is 1.45. The lowest BCUT2D eigenvalue weighted by atomic mass is 10.0. The largest absolute Gasteiger partial charge is 0.508 e. The molecule has 0 saturated carbocycles. The predicted octanol–water partition coefficient (Wildman–Crippen LogP) is 2.35. The van der Waals surface area contributed by atoms with Crippen LogP contribution < -0.4 is 0 Å². The highest BCUT2D eigenvalue weighted by Crippen LogP contribution is 2.22. The minimum atomic E-state index is -0.172. The van der Waals surface area contributed by atoms with E-state index < -0.39 is 0 Å². The van der Waals surface area contributed by atoms with Crippen LogP contribution in [0, 0.1) is 6.42 Å². The van der Waals surface area contributed by atoms with Gasteiger partial charge in [-0.05, 0) is 29.3 Å². The number of benzene rings is 1. The maximum atomic E-state index is 11.4. The van der Waals surface area contributed by atoms with Gasteiger partial charge in [-0.25, -0.2) is 0 Å². The minimum Gasteiger partial charge on any atom is -0.508 e. The normalized spacial score (nSPS) is 15.3. The molecule has 0 amide bonds. The van der Waals surface area contributed by atoms with Crippen LogP contribution in [0.5, 0.6) is 11.5 Å². The van der Waals surface area contributed by atoms with E-state index in [9.17, 15) is 15.0 Å². The molecule has 1 radical (unpaired) electrons. The number of carbonyl (C=O) groups is 1. The van der Waals surface area contributed by atoms with Crippen molar-refractivity contribution in [2.24, 2.45) is 0 Å². The number of allylic oxidation sites excluding steroid dienone is 5.